The van der Waals surface area contributed by atoms with E-state index in [1.54, 1.807) is 39.7 Å². The number of hydrogen-bond acceptors (Lipinski definition) is 7. The molecule has 12 heteroatoms. The number of hydrogen-bond donors (Lipinski definition) is 1. The maximum Gasteiger partial charge on any atom is 0.410 e. The highest BCUT2D eigenvalue weighted by molar-refractivity contribution is 6.03. The summed E-state index contributed by atoms with van der Waals surface area (Å²) in [4.78, 5) is 40.3. The average Bonchev–Trinajstić information content (AvgIpc) is 3.59. The smallest absolute Gasteiger partial charge is 0.410 e. The zero-order valence-corrected chi connectivity index (χ0v) is 23.2. The number of amides is 3. The summed E-state index contributed by atoms with van der Waals surface area (Å²) in [5.41, 5.74) is 2.20. The van der Waals surface area contributed by atoms with Crippen LogP contribution in [0.25, 0.3) is 5.65 Å². The minimum absolute atomic E-state index is 0.216. The molecule has 2 saturated heterocycles. The Bertz CT molecular complexity index is 1490. The highest BCUT2D eigenvalue weighted by Gasteiger charge is 2.45. The molecule has 3 aromatic heterocycles. The van der Waals surface area contributed by atoms with Crippen LogP contribution in [0.3, 0.4) is 0 Å². The summed E-state index contributed by atoms with van der Waals surface area (Å²) < 4.78 is 28.0. The summed E-state index contributed by atoms with van der Waals surface area (Å²) in [5.74, 6) is 0.0854. The quantitative estimate of drug-likeness (QED) is 0.514. The summed E-state index contributed by atoms with van der Waals surface area (Å²) in [7, 11) is 0. The van der Waals surface area contributed by atoms with Crippen molar-refractivity contribution in [3.05, 3.63) is 47.8 Å². The SMILES string of the molecule is Cc1cn2cc(NC(=O)N3CCc4c(N5CC[C@]6(CN(C(=O)OC(C)(C)C)CCO6)C5)ccnc43)cc(F)c2n1. The minimum atomic E-state index is -0.556. The maximum absolute atomic E-state index is 14.5. The van der Waals surface area contributed by atoms with Gasteiger partial charge in [-0.15, -0.1) is 0 Å². The zero-order valence-electron chi connectivity index (χ0n) is 23.2. The van der Waals surface area contributed by atoms with Crippen LogP contribution in [0.2, 0.25) is 0 Å². The molecular formula is C28H34FN7O4. The number of imidazole rings is 1. The number of morpholine rings is 1. The first-order chi connectivity index (χ1) is 19.0. The van der Waals surface area contributed by atoms with E-state index in [0.29, 0.717) is 56.4 Å². The van der Waals surface area contributed by atoms with Gasteiger partial charge in [-0.05, 0) is 46.6 Å². The number of carbonyl (C=O) groups excluding carboxylic acids is 2. The van der Waals surface area contributed by atoms with Crippen molar-refractivity contribution in [1.29, 1.82) is 0 Å². The van der Waals surface area contributed by atoms with Gasteiger partial charge in [0.2, 0.25) is 0 Å². The Kier molecular flexibility index (Phi) is 6.32. The van der Waals surface area contributed by atoms with Gasteiger partial charge in [0.25, 0.3) is 0 Å². The van der Waals surface area contributed by atoms with Crippen LogP contribution in [0.4, 0.5) is 31.2 Å². The standard InChI is InChI=1S/C28H34FN7O4/c1-18-14-35-15-19(13-21(29)24(35)31-18)32-25(37)36-9-6-20-22(5-8-30-23(20)36)33-10-7-28(16-33)17-34(11-12-39-28)26(38)40-27(2,3)4/h5,8,13-15H,6-7,9-12,16-17H2,1-4H3,(H,32,37)/t28-/m1/s1. The number of urea groups is 1. The highest BCUT2D eigenvalue weighted by Crippen LogP contribution is 2.39. The highest BCUT2D eigenvalue weighted by atomic mass is 19.1. The van der Waals surface area contributed by atoms with Crippen LogP contribution in [0.15, 0.2) is 30.7 Å². The number of aromatic nitrogens is 3. The van der Waals surface area contributed by atoms with Gasteiger partial charge < -0.3 is 29.0 Å². The molecule has 11 nitrogen and oxygen atoms in total. The number of rotatable bonds is 2. The third-order valence-corrected chi connectivity index (χ3v) is 7.53. The largest absolute Gasteiger partial charge is 0.444 e. The van der Waals surface area contributed by atoms with Gasteiger partial charge >= 0.3 is 12.1 Å². The van der Waals surface area contributed by atoms with Crippen molar-refractivity contribution in [2.24, 2.45) is 0 Å². The van der Waals surface area contributed by atoms with Crippen molar-refractivity contribution in [2.45, 2.75) is 51.7 Å². The fourth-order valence-corrected chi connectivity index (χ4v) is 5.83. The molecule has 0 saturated carbocycles. The Hall–Kier alpha value is -3.93. The molecule has 40 heavy (non-hydrogen) atoms. The molecule has 1 atom stereocenters. The van der Waals surface area contributed by atoms with Gasteiger partial charge in [-0.25, -0.2) is 23.9 Å². The normalized spacial score (nSPS) is 20.9. The van der Waals surface area contributed by atoms with Gasteiger partial charge in [0.05, 0.1) is 24.5 Å². The average molecular weight is 552 g/mol. The first kappa shape index (κ1) is 26.3. The lowest BCUT2D eigenvalue weighted by molar-refractivity contribution is -0.0958. The number of carbonyl (C=O) groups is 2. The molecule has 6 heterocycles. The Balaban J connectivity index is 1.17. The molecule has 3 aromatic rings. The summed E-state index contributed by atoms with van der Waals surface area (Å²) >= 11 is 0. The van der Waals surface area contributed by atoms with Crippen molar-refractivity contribution in [2.75, 3.05) is 54.4 Å². The number of nitrogens with zero attached hydrogens (tertiary/aromatic N) is 6. The second-order valence-corrected chi connectivity index (χ2v) is 11.8. The van der Waals surface area contributed by atoms with Crippen molar-refractivity contribution in [3.8, 4) is 0 Å². The van der Waals surface area contributed by atoms with Crippen LogP contribution in [0, 0.1) is 12.7 Å². The number of ether oxygens (including phenoxy) is 2. The van der Waals surface area contributed by atoms with Gasteiger partial charge in [0, 0.05) is 62.1 Å². The summed E-state index contributed by atoms with van der Waals surface area (Å²) in [5, 5.41) is 2.81. The molecule has 1 spiro atoms. The van der Waals surface area contributed by atoms with Crippen LogP contribution in [0.5, 0.6) is 0 Å². The lowest BCUT2D eigenvalue weighted by Gasteiger charge is -2.40. The molecule has 3 aliphatic rings. The third kappa shape index (κ3) is 4.91. The van der Waals surface area contributed by atoms with E-state index < -0.39 is 17.0 Å². The van der Waals surface area contributed by atoms with E-state index >= 15 is 0 Å². The van der Waals surface area contributed by atoms with Crippen LogP contribution < -0.4 is 15.1 Å². The van der Waals surface area contributed by atoms with E-state index in [0.717, 1.165) is 24.2 Å². The molecule has 6 rings (SSSR count). The van der Waals surface area contributed by atoms with Crippen molar-refractivity contribution >= 4 is 35.0 Å². The molecule has 3 amide bonds. The summed E-state index contributed by atoms with van der Waals surface area (Å²) in [6, 6.07) is 2.87. The van der Waals surface area contributed by atoms with Crippen LogP contribution in [-0.2, 0) is 15.9 Å². The third-order valence-electron chi connectivity index (χ3n) is 7.53. The van der Waals surface area contributed by atoms with Crippen molar-refractivity contribution < 1.29 is 23.5 Å². The molecular weight excluding hydrogens is 517 g/mol. The van der Waals surface area contributed by atoms with Crippen molar-refractivity contribution in [1.82, 2.24) is 19.3 Å². The summed E-state index contributed by atoms with van der Waals surface area (Å²) in [6.45, 7) is 10.7. The van der Waals surface area contributed by atoms with Gasteiger partial charge in [0.1, 0.15) is 17.0 Å². The predicted octanol–water partition coefficient (Wildman–Crippen LogP) is 3.99. The zero-order chi connectivity index (χ0) is 28.2. The van der Waals surface area contributed by atoms with Gasteiger partial charge in [-0.3, -0.25) is 4.90 Å². The molecule has 2 fully saturated rings. The number of anilines is 3. The topological polar surface area (TPSA) is 105 Å². The van der Waals surface area contributed by atoms with Crippen molar-refractivity contribution in [3.63, 3.8) is 0 Å². The Labute approximate surface area is 231 Å². The maximum atomic E-state index is 14.5. The molecule has 1 N–H and O–H groups in total. The Morgan fingerprint density at radius 1 is 1.18 bits per heavy atom. The molecule has 0 aromatic carbocycles. The van der Waals surface area contributed by atoms with Crippen LogP contribution in [0.1, 0.15) is 38.4 Å². The van der Waals surface area contributed by atoms with Gasteiger partial charge in [-0.1, -0.05) is 0 Å². The van der Waals surface area contributed by atoms with E-state index in [1.165, 1.54) is 6.07 Å². The number of nitrogens with one attached hydrogen (secondary N) is 1. The van der Waals surface area contributed by atoms with E-state index in [-0.39, 0.29) is 17.8 Å². The van der Waals surface area contributed by atoms with E-state index in [9.17, 15) is 14.0 Å². The molecule has 0 bridgehead atoms. The summed E-state index contributed by atoms with van der Waals surface area (Å²) in [6.07, 6.45) is 6.16. The van der Waals surface area contributed by atoms with Gasteiger partial charge in [-0.2, -0.15) is 0 Å². The van der Waals surface area contributed by atoms with E-state index in [1.807, 2.05) is 26.8 Å². The second kappa shape index (κ2) is 9.61. The van der Waals surface area contributed by atoms with E-state index in [2.05, 4.69) is 20.2 Å². The predicted molar refractivity (Wildman–Crippen MR) is 148 cm³/mol. The molecule has 0 radical (unpaired) electrons. The fourth-order valence-electron chi connectivity index (χ4n) is 5.83. The fraction of sp³-hybridized carbons (Fsp3) is 0.500. The lowest BCUT2D eigenvalue weighted by Crippen LogP contribution is -2.55. The minimum Gasteiger partial charge on any atom is -0.444 e. The first-order valence-electron chi connectivity index (χ1n) is 13.6. The molecule has 0 unspecified atom stereocenters. The molecule has 212 valence electrons. The number of aryl methyl sites for hydroxylation is 1. The van der Waals surface area contributed by atoms with Crippen LogP contribution in [-0.4, -0.2) is 81.9 Å². The first-order valence-corrected chi connectivity index (χ1v) is 13.6. The lowest BCUT2D eigenvalue weighted by atomic mass is 10.0. The monoisotopic (exact) mass is 551 g/mol. The van der Waals surface area contributed by atoms with Gasteiger partial charge in [0.15, 0.2) is 11.5 Å². The molecule has 0 aliphatic carbocycles. The van der Waals surface area contributed by atoms with Crippen LogP contribution >= 0.6 is 0 Å². The number of halogens is 1. The second-order valence-electron chi connectivity index (χ2n) is 11.8. The van der Waals surface area contributed by atoms with E-state index in [4.69, 9.17) is 9.47 Å². The Morgan fingerprint density at radius 2 is 2.00 bits per heavy atom. The number of fused-ring (bicyclic) bond motifs is 2. The Morgan fingerprint density at radius 3 is 2.80 bits per heavy atom. The molecule has 3 aliphatic heterocycles. The number of pyridine rings is 2.